The highest BCUT2D eigenvalue weighted by atomic mass is 15.5. The predicted molar refractivity (Wildman–Crippen MR) is 133 cm³/mol. The normalized spacial score (nSPS) is 14.7. The number of benzene rings is 2. The summed E-state index contributed by atoms with van der Waals surface area (Å²) in [5, 5.41) is 19.4. The lowest BCUT2D eigenvalue weighted by atomic mass is 9.89. The van der Waals surface area contributed by atoms with Gasteiger partial charge in [-0.25, -0.2) is 14.8 Å². The Hall–Kier alpha value is -3.35. The van der Waals surface area contributed by atoms with Crippen molar-refractivity contribution < 1.29 is 0 Å². The maximum atomic E-state index is 5.04. The number of aromatic nitrogens is 7. The monoisotopic (exact) mass is 455 g/mol. The summed E-state index contributed by atoms with van der Waals surface area (Å²) in [6.07, 6.45) is 8.51. The molecule has 1 aliphatic rings. The van der Waals surface area contributed by atoms with E-state index in [-0.39, 0.29) is 0 Å². The topological polar surface area (TPSA) is 85.2 Å². The number of tetrazole rings is 1. The molecule has 2 aromatic carbocycles. The largest absolute Gasteiger partial charge is 0.245 e. The fraction of sp³-hybridized carbons (Fsp3) is 0.444. The zero-order valence-corrected chi connectivity index (χ0v) is 20.1. The molecule has 7 heteroatoms. The van der Waals surface area contributed by atoms with Gasteiger partial charge in [-0.15, -0.1) is 5.10 Å². The molecule has 0 bridgehead atoms. The molecule has 1 aliphatic carbocycles. The van der Waals surface area contributed by atoms with Gasteiger partial charge in [0.25, 0.3) is 0 Å². The molecule has 0 aliphatic heterocycles. The molecule has 4 aromatic rings. The summed E-state index contributed by atoms with van der Waals surface area (Å²) in [5.41, 5.74) is 4.46. The average molecular weight is 456 g/mol. The first kappa shape index (κ1) is 22.4. The molecule has 0 unspecified atom stereocenters. The van der Waals surface area contributed by atoms with E-state index >= 15 is 0 Å². The summed E-state index contributed by atoms with van der Waals surface area (Å²) in [4.78, 5) is 5.04. The molecule has 2 aromatic heterocycles. The molecular weight excluding hydrogens is 422 g/mol. The number of aromatic amines is 1. The zero-order chi connectivity index (χ0) is 23.3. The van der Waals surface area contributed by atoms with Gasteiger partial charge in [-0.1, -0.05) is 81.6 Å². The van der Waals surface area contributed by atoms with E-state index in [9.17, 15) is 0 Å². The smallest absolute Gasteiger partial charge is 0.180 e. The highest BCUT2D eigenvalue weighted by Crippen LogP contribution is 2.32. The fourth-order valence-corrected chi connectivity index (χ4v) is 4.83. The van der Waals surface area contributed by atoms with Crippen LogP contribution in [0.15, 0.2) is 48.5 Å². The molecule has 1 fully saturated rings. The van der Waals surface area contributed by atoms with Crippen LogP contribution in [0.5, 0.6) is 0 Å². The minimum Gasteiger partial charge on any atom is -0.245 e. The van der Waals surface area contributed by atoms with Crippen molar-refractivity contribution in [3.05, 3.63) is 65.7 Å². The number of rotatable bonds is 8. The Morgan fingerprint density at radius 1 is 0.971 bits per heavy atom. The molecular formula is C27H33N7. The number of nitrogens with zero attached hydrogens (tertiary/aromatic N) is 6. The highest BCUT2D eigenvalue weighted by molar-refractivity contribution is 5.80. The Balaban J connectivity index is 1.38. The van der Waals surface area contributed by atoms with Gasteiger partial charge in [-0.05, 0) is 52.3 Å². The first-order valence-corrected chi connectivity index (χ1v) is 12.5. The van der Waals surface area contributed by atoms with Crippen molar-refractivity contribution in [3.63, 3.8) is 0 Å². The quantitative estimate of drug-likeness (QED) is 0.362. The van der Waals surface area contributed by atoms with Gasteiger partial charge >= 0.3 is 0 Å². The number of aryl methyl sites for hydroxylation is 1. The van der Waals surface area contributed by atoms with E-state index in [2.05, 4.69) is 69.5 Å². The highest BCUT2D eigenvalue weighted by Gasteiger charge is 2.22. The molecule has 34 heavy (non-hydrogen) atoms. The van der Waals surface area contributed by atoms with E-state index in [1.54, 1.807) is 0 Å². The summed E-state index contributed by atoms with van der Waals surface area (Å²) in [7, 11) is 0. The molecule has 5 rings (SSSR count). The predicted octanol–water partition coefficient (Wildman–Crippen LogP) is 5.81. The molecule has 0 atom stereocenters. The number of hydrogen-bond donors (Lipinski definition) is 1. The Labute approximate surface area is 201 Å². The molecule has 0 spiro atoms. The molecule has 0 saturated heterocycles. The van der Waals surface area contributed by atoms with E-state index in [1.165, 1.54) is 37.7 Å². The van der Waals surface area contributed by atoms with Crippen LogP contribution in [0.1, 0.15) is 75.5 Å². The van der Waals surface area contributed by atoms with Crippen LogP contribution in [-0.4, -0.2) is 35.4 Å². The van der Waals surface area contributed by atoms with Crippen molar-refractivity contribution in [3.8, 4) is 22.5 Å². The molecule has 0 radical (unpaired) electrons. The van der Waals surface area contributed by atoms with E-state index < -0.39 is 0 Å². The number of nitrogens with one attached hydrogen (secondary N) is 1. The summed E-state index contributed by atoms with van der Waals surface area (Å²) in [6, 6.07) is 16.9. The minimum atomic E-state index is 0.525. The van der Waals surface area contributed by atoms with Gasteiger partial charge in [0.05, 0.1) is 6.54 Å². The SMILES string of the molecule is CC(C)CCc1nc(C2CCCCC2)nn1Cc1ccc(-c2ccccc2-c2nnn[nH]2)cc1. The van der Waals surface area contributed by atoms with Gasteiger partial charge in [-0.2, -0.15) is 5.10 Å². The van der Waals surface area contributed by atoms with Crippen LogP contribution in [0.3, 0.4) is 0 Å². The first-order chi connectivity index (χ1) is 16.7. The fourth-order valence-electron chi connectivity index (χ4n) is 4.83. The van der Waals surface area contributed by atoms with Gasteiger partial charge in [0.15, 0.2) is 11.6 Å². The van der Waals surface area contributed by atoms with Crippen LogP contribution >= 0.6 is 0 Å². The molecule has 0 amide bonds. The Morgan fingerprint density at radius 2 is 1.74 bits per heavy atom. The second-order valence-electron chi connectivity index (χ2n) is 9.80. The molecule has 7 nitrogen and oxygen atoms in total. The molecule has 176 valence electrons. The summed E-state index contributed by atoms with van der Waals surface area (Å²) >= 11 is 0. The van der Waals surface area contributed by atoms with Crippen molar-refractivity contribution in [2.24, 2.45) is 5.92 Å². The van der Waals surface area contributed by atoms with Crippen LogP contribution in [-0.2, 0) is 13.0 Å². The van der Waals surface area contributed by atoms with Crippen molar-refractivity contribution in [1.29, 1.82) is 0 Å². The van der Waals surface area contributed by atoms with Crippen molar-refractivity contribution in [1.82, 2.24) is 35.4 Å². The van der Waals surface area contributed by atoms with Gasteiger partial charge in [0, 0.05) is 17.9 Å². The third-order valence-corrected chi connectivity index (χ3v) is 6.81. The third-order valence-electron chi connectivity index (χ3n) is 6.81. The van der Waals surface area contributed by atoms with Gasteiger partial charge < -0.3 is 0 Å². The van der Waals surface area contributed by atoms with Gasteiger partial charge in [-0.3, -0.25) is 0 Å². The van der Waals surface area contributed by atoms with Crippen LogP contribution in [0.25, 0.3) is 22.5 Å². The standard InChI is InChI=1S/C27H33N7/c1-19(2)12-17-25-28-26(22-8-4-3-5-9-22)31-34(25)18-20-13-15-21(16-14-20)23-10-6-7-11-24(23)27-29-32-33-30-27/h6-7,10-11,13-16,19,22H,3-5,8-9,12,17-18H2,1-2H3,(H,29,30,32,33). The van der Waals surface area contributed by atoms with Crippen LogP contribution in [0.4, 0.5) is 0 Å². The van der Waals surface area contributed by atoms with Crippen molar-refractivity contribution >= 4 is 0 Å². The molecule has 1 saturated carbocycles. The van der Waals surface area contributed by atoms with E-state index in [0.29, 0.717) is 17.7 Å². The zero-order valence-electron chi connectivity index (χ0n) is 20.1. The summed E-state index contributed by atoms with van der Waals surface area (Å²) < 4.78 is 2.15. The first-order valence-electron chi connectivity index (χ1n) is 12.5. The lowest BCUT2D eigenvalue weighted by Crippen LogP contribution is -2.09. The van der Waals surface area contributed by atoms with Gasteiger partial charge in [0.1, 0.15) is 5.82 Å². The number of hydrogen-bond acceptors (Lipinski definition) is 5. The van der Waals surface area contributed by atoms with Crippen molar-refractivity contribution in [2.75, 3.05) is 0 Å². The van der Waals surface area contributed by atoms with Crippen molar-refractivity contribution in [2.45, 2.75) is 71.3 Å². The lowest BCUT2D eigenvalue weighted by molar-refractivity contribution is 0.426. The molecule has 1 N–H and O–H groups in total. The van der Waals surface area contributed by atoms with Crippen LogP contribution in [0.2, 0.25) is 0 Å². The maximum Gasteiger partial charge on any atom is 0.180 e. The minimum absolute atomic E-state index is 0.525. The maximum absolute atomic E-state index is 5.04. The Morgan fingerprint density at radius 3 is 2.44 bits per heavy atom. The van der Waals surface area contributed by atoms with Crippen LogP contribution in [0, 0.1) is 5.92 Å². The van der Waals surface area contributed by atoms with E-state index in [4.69, 9.17) is 10.1 Å². The third kappa shape index (κ3) is 5.08. The summed E-state index contributed by atoms with van der Waals surface area (Å²) in [5.74, 6) is 4.04. The summed E-state index contributed by atoms with van der Waals surface area (Å²) in [6.45, 7) is 5.30. The Bertz CT molecular complexity index is 1190. The van der Waals surface area contributed by atoms with Gasteiger partial charge in [0.2, 0.25) is 0 Å². The Kier molecular flexibility index (Phi) is 6.79. The van der Waals surface area contributed by atoms with E-state index in [0.717, 1.165) is 47.7 Å². The second kappa shape index (κ2) is 10.3. The molecule has 2 heterocycles. The average Bonchev–Trinajstić information content (AvgIpc) is 3.54. The van der Waals surface area contributed by atoms with E-state index in [1.807, 2.05) is 18.2 Å². The second-order valence-corrected chi connectivity index (χ2v) is 9.80. The lowest BCUT2D eigenvalue weighted by Gasteiger charge is -2.18. The van der Waals surface area contributed by atoms with Crippen LogP contribution < -0.4 is 0 Å². The number of H-pyrrole nitrogens is 1.